The van der Waals surface area contributed by atoms with Gasteiger partial charge in [-0.2, -0.15) is 0 Å². The van der Waals surface area contributed by atoms with Crippen LogP contribution < -0.4 is 5.48 Å². The van der Waals surface area contributed by atoms with Crippen LogP contribution in [0, 0.1) is 5.41 Å². The zero-order chi connectivity index (χ0) is 13.0. The molecule has 6 nitrogen and oxygen atoms in total. The number of benzene rings is 1. The van der Waals surface area contributed by atoms with Gasteiger partial charge in [-0.05, 0) is 5.56 Å². The summed E-state index contributed by atoms with van der Waals surface area (Å²) < 4.78 is 5.06. The van der Waals surface area contributed by atoms with E-state index in [2.05, 4.69) is 0 Å². The van der Waals surface area contributed by atoms with Crippen LogP contribution in [0.2, 0.25) is 0 Å². The Kier molecular flexibility index (Phi) is 3.91. The molecule has 1 aromatic rings. The van der Waals surface area contributed by atoms with E-state index in [-0.39, 0.29) is 18.3 Å². The minimum absolute atomic E-state index is 0.00454. The van der Waals surface area contributed by atoms with E-state index in [0.29, 0.717) is 25.3 Å². The second-order valence-corrected chi connectivity index (χ2v) is 4.05. The van der Waals surface area contributed by atoms with Gasteiger partial charge in [0, 0.05) is 18.7 Å². The van der Waals surface area contributed by atoms with Gasteiger partial charge in [-0.15, -0.1) is 0 Å². The van der Waals surface area contributed by atoms with E-state index >= 15 is 0 Å². The summed E-state index contributed by atoms with van der Waals surface area (Å²) in [6.45, 7) is 1.87. The zero-order valence-electron chi connectivity index (χ0n) is 9.85. The number of amides is 1. The highest BCUT2D eigenvalue weighted by Crippen LogP contribution is 2.09. The Balaban J connectivity index is 2.01. The quantitative estimate of drug-likeness (QED) is 0.410. The molecular weight excluding hydrogens is 234 g/mol. The fraction of sp³-hybridized carbons (Fsp3) is 0.333. The maximum atomic E-state index is 11.5. The van der Waals surface area contributed by atoms with Crippen LogP contribution in [0.3, 0.4) is 0 Å². The standard InChI is InChI=1S/C12H15N3O3/c13-12(14-17)10-3-1-9(2-4-10)7-15-5-6-18-8-11(15)16/h1-4,17H,5-8H2,(H2,13,14). The van der Waals surface area contributed by atoms with Crippen LogP contribution in [-0.2, 0) is 16.1 Å². The van der Waals surface area contributed by atoms with Gasteiger partial charge in [0.15, 0.2) is 0 Å². The third kappa shape index (κ3) is 2.85. The normalized spacial score (nSPS) is 15.6. The number of nitrogens with zero attached hydrogens (tertiary/aromatic N) is 1. The Hall–Kier alpha value is -1.92. The van der Waals surface area contributed by atoms with Gasteiger partial charge in [-0.3, -0.25) is 20.9 Å². The average Bonchev–Trinajstić information content (AvgIpc) is 2.41. The van der Waals surface area contributed by atoms with Crippen molar-refractivity contribution >= 4 is 11.7 Å². The molecule has 0 atom stereocenters. The van der Waals surface area contributed by atoms with Crippen molar-refractivity contribution < 1.29 is 14.7 Å². The predicted molar refractivity (Wildman–Crippen MR) is 64.4 cm³/mol. The second-order valence-electron chi connectivity index (χ2n) is 4.05. The van der Waals surface area contributed by atoms with E-state index in [9.17, 15) is 4.79 Å². The third-order valence-electron chi connectivity index (χ3n) is 2.81. The maximum absolute atomic E-state index is 11.5. The smallest absolute Gasteiger partial charge is 0.248 e. The molecule has 1 fully saturated rings. The zero-order valence-corrected chi connectivity index (χ0v) is 9.85. The molecule has 1 aliphatic heterocycles. The summed E-state index contributed by atoms with van der Waals surface area (Å²) in [4.78, 5) is 13.3. The summed E-state index contributed by atoms with van der Waals surface area (Å²) in [5.41, 5.74) is 3.37. The van der Waals surface area contributed by atoms with Crippen molar-refractivity contribution in [3.05, 3.63) is 35.4 Å². The number of hydrogen-bond donors (Lipinski definition) is 3. The number of carbonyl (C=O) groups is 1. The lowest BCUT2D eigenvalue weighted by Gasteiger charge is -2.26. The number of nitrogens with one attached hydrogen (secondary N) is 2. The van der Waals surface area contributed by atoms with Crippen molar-refractivity contribution in [3.63, 3.8) is 0 Å². The molecule has 1 heterocycles. The predicted octanol–water partition coefficient (Wildman–Crippen LogP) is 0.350. The van der Waals surface area contributed by atoms with E-state index < -0.39 is 0 Å². The molecule has 0 bridgehead atoms. The van der Waals surface area contributed by atoms with Crippen LogP contribution in [0.15, 0.2) is 24.3 Å². The summed E-state index contributed by atoms with van der Waals surface area (Å²) >= 11 is 0. The largest absolute Gasteiger partial charge is 0.370 e. The topological polar surface area (TPSA) is 85.7 Å². The summed E-state index contributed by atoms with van der Waals surface area (Å²) in [5.74, 6) is -0.0564. The number of amidine groups is 1. The minimum atomic E-state index is -0.0519. The van der Waals surface area contributed by atoms with Crippen molar-refractivity contribution in [3.8, 4) is 0 Å². The lowest BCUT2D eigenvalue weighted by atomic mass is 10.1. The molecular formula is C12H15N3O3. The molecule has 3 N–H and O–H groups in total. The van der Waals surface area contributed by atoms with Crippen LogP contribution in [0.4, 0.5) is 0 Å². The fourth-order valence-electron chi connectivity index (χ4n) is 1.78. The van der Waals surface area contributed by atoms with Gasteiger partial charge in [0.2, 0.25) is 5.91 Å². The Morgan fingerprint density at radius 1 is 1.44 bits per heavy atom. The molecule has 0 aliphatic carbocycles. The van der Waals surface area contributed by atoms with Gasteiger partial charge in [0.05, 0.1) is 6.61 Å². The number of morpholine rings is 1. The lowest BCUT2D eigenvalue weighted by molar-refractivity contribution is -0.143. The SMILES string of the molecule is N=C(NO)c1ccc(CN2CCOCC2=O)cc1. The van der Waals surface area contributed by atoms with E-state index in [4.69, 9.17) is 15.4 Å². The summed E-state index contributed by atoms with van der Waals surface area (Å²) in [5, 5.41) is 16.0. The highest BCUT2D eigenvalue weighted by molar-refractivity contribution is 5.95. The van der Waals surface area contributed by atoms with Crippen LogP contribution >= 0.6 is 0 Å². The molecule has 2 rings (SSSR count). The van der Waals surface area contributed by atoms with E-state index in [1.165, 1.54) is 0 Å². The molecule has 1 aliphatic rings. The van der Waals surface area contributed by atoms with Crippen molar-refractivity contribution in [2.75, 3.05) is 19.8 Å². The number of carbonyl (C=O) groups excluding carboxylic acids is 1. The van der Waals surface area contributed by atoms with Crippen LogP contribution in [0.1, 0.15) is 11.1 Å². The Morgan fingerprint density at radius 2 is 2.17 bits per heavy atom. The summed E-state index contributed by atoms with van der Waals surface area (Å²) in [6.07, 6.45) is 0. The third-order valence-corrected chi connectivity index (χ3v) is 2.81. The first-order valence-corrected chi connectivity index (χ1v) is 5.64. The van der Waals surface area contributed by atoms with Gasteiger partial charge in [-0.25, -0.2) is 0 Å². The average molecular weight is 249 g/mol. The highest BCUT2D eigenvalue weighted by atomic mass is 16.5. The second kappa shape index (κ2) is 5.61. The summed E-state index contributed by atoms with van der Waals surface area (Å²) in [6, 6.07) is 7.13. The molecule has 18 heavy (non-hydrogen) atoms. The van der Waals surface area contributed by atoms with Gasteiger partial charge in [0.25, 0.3) is 0 Å². The highest BCUT2D eigenvalue weighted by Gasteiger charge is 2.18. The first-order valence-electron chi connectivity index (χ1n) is 5.64. The van der Waals surface area contributed by atoms with E-state index in [1.54, 1.807) is 22.5 Å². The van der Waals surface area contributed by atoms with Crippen molar-refractivity contribution in [2.24, 2.45) is 0 Å². The Bertz CT molecular complexity index is 444. The molecule has 96 valence electrons. The number of rotatable bonds is 3. The Labute approximate surface area is 105 Å². The van der Waals surface area contributed by atoms with E-state index in [1.807, 2.05) is 12.1 Å². The number of hydrogen-bond acceptors (Lipinski definition) is 4. The van der Waals surface area contributed by atoms with Gasteiger partial charge in [-0.1, -0.05) is 24.3 Å². The van der Waals surface area contributed by atoms with E-state index in [0.717, 1.165) is 5.56 Å². The van der Waals surface area contributed by atoms with Gasteiger partial charge >= 0.3 is 0 Å². The molecule has 0 radical (unpaired) electrons. The van der Waals surface area contributed by atoms with Gasteiger partial charge < -0.3 is 9.64 Å². The maximum Gasteiger partial charge on any atom is 0.248 e. The van der Waals surface area contributed by atoms with Gasteiger partial charge in [0.1, 0.15) is 12.4 Å². The lowest BCUT2D eigenvalue weighted by Crippen LogP contribution is -2.40. The van der Waals surface area contributed by atoms with Crippen LogP contribution in [-0.4, -0.2) is 41.6 Å². The summed E-state index contributed by atoms with van der Waals surface area (Å²) in [7, 11) is 0. The molecule has 0 aromatic heterocycles. The molecule has 6 heteroatoms. The van der Waals surface area contributed by atoms with Crippen LogP contribution in [0.5, 0.6) is 0 Å². The fourth-order valence-corrected chi connectivity index (χ4v) is 1.78. The molecule has 1 aromatic carbocycles. The van der Waals surface area contributed by atoms with Crippen LogP contribution in [0.25, 0.3) is 0 Å². The van der Waals surface area contributed by atoms with Crippen molar-refractivity contribution in [1.29, 1.82) is 5.41 Å². The number of hydroxylamine groups is 1. The first kappa shape index (κ1) is 12.5. The molecule has 1 saturated heterocycles. The van der Waals surface area contributed by atoms with Crippen molar-refractivity contribution in [1.82, 2.24) is 10.4 Å². The minimum Gasteiger partial charge on any atom is -0.370 e. The molecule has 0 unspecified atom stereocenters. The van der Waals surface area contributed by atoms with Crippen molar-refractivity contribution in [2.45, 2.75) is 6.54 Å². The molecule has 0 saturated carbocycles. The monoisotopic (exact) mass is 249 g/mol. The molecule has 0 spiro atoms. The molecule has 1 amide bonds. The number of ether oxygens (including phenoxy) is 1. The Morgan fingerprint density at radius 3 is 2.78 bits per heavy atom. The first-order chi connectivity index (χ1) is 8.70.